The highest BCUT2D eigenvalue weighted by Crippen LogP contribution is 2.26. The fraction of sp³-hybridized carbons (Fsp3) is 0.417. The molecule has 0 bridgehead atoms. The predicted octanol–water partition coefficient (Wildman–Crippen LogP) is 2.85. The van der Waals surface area contributed by atoms with Crippen molar-refractivity contribution in [1.82, 2.24) is 0 Å². The van der Waals surface area contributed by atoms with Crippen LogP contribution in [0, 0.1) is 0 Å². The maximum atomic E-state index is 11.7. The third-order valence-corrected chi connectivity index (χ3v) is 2.82. The van der Waals surface area contributed by atoms with Crippen LogP contribution in [0.5, 0.6) is 0 Å². The van der Waals surface area contributed by atoms with Crippen LogP contribution >= 0.6 is 15.9 Å². The van der Waals surface area contributed by atoms with Gasteiger partial charge in [-0.2, -0.15) is 0 Å². The molecule has 0 aromatic heterocycles. The second-order valence-corrected chi connectivity index (χ2v) is 4.50. The quantitative estimate of drug-likeness (QED) is 0.879. The number of ether oxygens (including phenoxy) is 1. The van der Waals surface area contributed by atoms with Gasteiger partial charge in [0.05, 0.1) is 11.4 Å². The summed E-state index contributed by atoms with van der Waals surface area (Å²) in [5.74, 6) is -0.162. The number of halogens is 1. The molecule has 0 radical (unpaired) electrons. The summed E-state index contributed by atoms with van der Waals surface area (Å²) in [6.45, 7) is 4.51. The third-order valence-electron chi connectivity index (χ3n) is 2.33. The van der Waals surface area contributed by atoms with Crippen molar-refractivity contribution < 1.29 is 9.53 Å². The van der Waals surface area contributed by atoms with Gasteiger partial charge in [0.1, 0.15) is 6.10 Å². The highest BCUT2D eigenvalue weighted by molar-refractivity contribution is 9.10. The van der Waals surface area contributed by atoms with E-state index in [1.54, 1.807) is 6.92 Å². The zero-order chi connectivity index (χ0) is 12.8. The van der Waals surface area contributed by atoms with Crippen molar-refractivity contribution in [2.75, 3.05) is 24.3 Å². The van der Waals surface area contributed by atoms with Gasteiger partial charge in [0, 0.05) is 18.1 Å². The number of methoxy groups -OCH3 is 1. The van der Waals surface area contributed by atoms with E-state index in [-0.39, 0.29) is 5.91 Å². The van der Waals surface area contributed by atoms with E-state index in [2.05, 4.69) is 26.6 Å². The zero-order valence-electron chi connectivity index (χ0n) is 10.2. The molecule has 1 atom stereocenters. The Morgan fingerprint density at radius 3 is 2.76 bits per heavy atom. The van der Waals surface area contributed by atoms with Crippen LogP contribution in [0.4, 0.5) is 11.4 Å². The molecule has 0 aliphatic rings. The number of benzene rings is 1. The fourth-order valence-corrected chi connectivity index (χ4v) is 1.67. The number of hydrogen-bond donors (Lipinski definition) is 2. The molecule has 1 aromatic rings. The summed E-state index contributed by atoms with van der Waals surface area (Å²) in [6, 6.07) is 5.70. The molecule has 0 aliphatic heterocycles. The van der Waals surface area contributed by atoms with Gasteiger partial charge in [0.2, 0.25) is 0 Å². The minimum atomic E-state index is -0.469. The first-order chi connectivity index (χ1) is 8.08. The first kappa shape index (κ1) is 14.0. The van der Waals surface area contributed by atoms with Crippen LogP contribution in [0.2, 0.25) is 0 Å². The Morgan fingerprint density at radius 2 is 2.18 bits per heavy atom. The number of carbonyl (C=O) groups is 1. The van der Waals surface area contributed by atoms with Crippen molar-refractivity contribution in [2.24, 2.45) is 0 Å². The van der Waals surface area contributed by atoms with Crippen molar-refractivity contribution in [3.8, 4) is 0 Å². The Bertz CT molecular complexity index is 396. The Labute approximate surface area is 110 Å². The van der Waals surface area contributed by atoms with Crippen LogP contribution in [-0.2, 0) is 9.53 Å². The van der Waals surface area contributed by atoms with Gasteiger partial charge in [-0.25, -0.2) is 0 Å². The molecule has 17 heavy (non-hydrogen) atoms. The average Bonchev–Trinajstić information content (AvgIpc) is 2.31. The molecule has 94 valence electrons. The van der Waals surface area contributed by atoms with E-state index in [1.165, 1.54) is 7.11 Å². The van der Waals surface area contributed by atoms with Gasteiger partial charge < -0.3 is 15.4 Å². The summed E-state index contributed by atoms with van der Waals surface area (Å²) in [5.41, 5.74) is 1.64. The van der Waals surface area contributed by atoms with Crippen molar-refractivity contribution in [1.29, 1.82) is 0 Å². The second kappa shape index (κ2) is 6.61. The lowest BCUT2D eigenvalue weighted by atomic mass is 10.2. The fourth-order valence-electron chi connectivity index (χ4n) is 1.31. The summed E-state index contributed by atoms with van der Waals surface area (Å²) in [6.07, 6.45) is -0.469. The summed E-state index contributed by atoms with van der Waals surface area (Å²) in [7, 11) is 1.51. The highest BCUT2D eigenvalue weighted by Gasteiger charge is 2.13. The first-order valence-electron chi connectivity index (χ1n) is 5.45. The predicted molar refractivity (Wildman–Crippen MR) is 73.4 cm³/mol. The van der Waals surface area contributed by atoms with Crippen molar-refractivity contribution >= 4 is 33.2 Å². The van der Waals surface area contributed by atoms with Crippen LogP contribution in [0.25, 0.3) is 0 Å². The molecule has 1 rings (SSSR count). The van der Waals surface area contributed by atoms with Crippen LogP contribution in [0.1, 0.15) is 13.8 Å². The first-order valence-corrected chi connectivity index (χ1v) is 6.24. The van der Waals surface area contributed by atoms with Gasteiger partial charge in [0.25, 0.3) is 5.91 Å². The van der Waals surface area contributed by atoms with E-state index in [0.29, 0.717) is 0 Å². The van der Waals surface area contributed by atoms with E-state index < -0.39 is 6.10 Å². The molecule has 1 aromatic carbocycles. The Morgan fingerprint density at radius 1 is 1.47 bits per heavy atom. The molecule has 0 saturated heterocycles. The molecule has 0 saturated carbocycles. The Kier molecular flexibility index (Phi) is 5.44. The molecular weight excluding hydrogens is 284 g/mol. The number of carbonyl (C=O) groups excluding carboxylic acids is 1. The number of nitrogens with one attached hydrogen (secondary N) is 2. The lowest BCUT2D eigenvalue weighted by Crippen LogP contribution is -2.27. The van der Waals surface area contributed by atoms with Gasteiger partial charge in [-0.3, -0.25) is 4.79 Å². The monoisotopic (exact) mass is 300 g/mol. The van der Waals surface area contributed by atoms with Crippen molar-refractivity contribution in [3.63, 3.8) is 0 Å². The summed E-state index contributed by atoms with van der Waals surface area (Å²) in [5, 5.41) is 6.02. The van der Waals surface area contributed by atoms with Crippen LogP contribution in [0.3, 0.4) is 0 Å². The molecule has 5 heteroatoms. The van der Waals surface area contributed by atoms with E-state index in [4.69, 9.17) is 4.74 Å². The van der Waals surface area contributed by atoms with Crippen LogP contribution < -0.4 is 10.6 Å². The molecule has 0 fully saturated rings. The maximum absolute atomic E-state index is 11.7. The largest absolute Gasteiger partial charge is 0.384 e. The summed E-state index contributed by atoms with van der Waals surface area (Å²) < 4.78 is 5.89. The third kappa shape index (κ3) is 4.02. The van der Waals surface area contributed by atoms with Gasteiger partial charge in [-0.15, -0.1) is 0 Å². The van der Waals surface area contributed by atoms with E-state index in [1.807, 2.05) is 25.1 Å². The molecule has 2 N–H and O–H groups in total. The van der Waals surface area contributed by atoms with Gasteiger partial charge in [0.15, 0.2) is 0 Å². The molecule has 1 amide bonds. The zero-order valence-corrected chi connectivity index (χ0v) is 11.8. The molecule has 4 nitrogen and oxygen atoms in total. The van der Waals surface area contributed by atoms with Crippen LogP contribution in [-0.4, -0.2) is 25.7 Å². The lowest BCUT2D eigenvalue weighted by molar-refractivity contribution is -0.124. The lowest BCUT2D eigenvalue weighted by Gasteiger charge is -2.15. The summed E-state index contributed by atoms with van der Waals surface area (Å²) in [4.78, 5) is 11.7. The SMILES string of the molecule is CCNc1ccc(Br)cc1NC(=O)[C@H](C)OC. The standard InChI is InChI=1S/C12H17BrN2O2/c1-4-14-10-6-5-9(13)7-11(10)15-12(16)8(2)17-3/h5-8,14H,4H2,1-3H3,(H,15,16)/t8-/m0/s1. The maximum Gasteiger partial charge on any atom is 0.253 e. The minimum Gasteiger partial charge on any atom is -0.384 e. The van der Waals surface area contributed by atoms with Crippen LogP contribution in [0.15, 0.2) is 22.7 Å². The van der Waals surface area contributed by atoms with E-state index in [9.17, 15) is 4.79 Å². The normalized spacial score (nSPS) is 12.0. The van der Waals surface area contributed by atoms with E-state index in [0.717, 1.165) is 22.4 Å². The Hall–Kier alpha value is -1.07. The number of rotatable bonds is 5. The Balaban J connectivity index is 2.87. The average molecular weight is 301 g/mol. The molecule has 0 unspecified atom stereocenters. The molecule has 0 spiro atoms. The highest BCUT2D eigenvalue weighted by atomic mass is 79.9. The number of anilines is 2. The molecular formula is C12H17BrN2O2. The molecule has 0 heterocycles. The van der Waals surface area contributed by atoms with Crippen molar-refractivity contribution in [3.05, 3.63) is 22.7 Å². The molecule has 0 aliphatic carbocycles. The smallest absolute Gasteiger partial charge is 0.253 e. The van der Waals surface area contributed by atoms with Crippen molar-refractivity contribution in [2.45, 2.75) is 20.0 Å². The minimum absolute atomic E-state index is 0.162. The topological polar surface area (TPSA) is 50.4 Å². The number of hydrogen-bond acceptors (Lipinski definition) is 3. The summed E-state index contributed by atoms with van der Waals surface area (Å²) >= 11 is 3.38. The van der Waals surface area contributed by atoms with E-state index >= 15 is 0 Å². The van der Waals surface area contributed by atoms with Gasteiger partial charge in [-0.05, 0) is 32.0 Å². The second-order valence-electron chi connectivity index (χ2n) is 3.59. The van der Waals surface area contributed by atoms with Gasteiger partial charge >= 0.3 is 0 Å². The number of amides is 1. The van der Waals surface area contributed by atoms with Gasteiger partial charge in [-0.1, -0.05) is 15.9 Å².